The van der Waals surface area contributed by atoms with Gasteiger partial charge in [0, 0.05) is 26.1 Å². The molecule has 0 saturated heterocycles. The van der Waals surface area contributed by atoms with Gasteiger partial charge in [0.25, 0.3) is 0 Å². The van der Waals surface area contributed by atoms with Crippen LogP contribution >= 0.6 is 0 Å². The Morgan fingerprint density at radius 3 is 2.47 bits per heavy atom. The minimum atomic E-state index is -0.481. The smallest absolute Gasteiger partial charge is 0.410 e. The van der Waals surface area contributed by atoms with Crippen molar-refractivity contribution in [1.29, 1.82) is 0 Å². The van der Waals surface area contributed by atoms with E-state index >= 15 is 0 Å². The lowest BCUT2D eigenvalue weighted by atomic mass is 9.79. The van der Waals surface area contributed by atoms with Crippen molar-refractivity contribution < 1.29 is 14.3 Å². The van der Waals surface area contributed by atoms with Crippen LogP contribution in [-0.2, 0) is 16.0 Å². The second kappa shape index (κ2) is 10.6. The van der Waals surface area contributed by atoms with Gasteiger partial charge in [-0.05, 0) is 112 Å². The van der Waals surface area contributed by atoms with Crippen LogP contribution in [-0.4, -0.2) is 53.6 Å². The minimum Gasteiger partial charge on any atom is -0.444 e. The van der Waals surface area contributed by atoms with Gasteiger partial charge in [-0.2, -0.15) is 0 Å². The van der Waals surface area contributed by atoms with Crippen molar-refractivity contribution in [3.8, 4) is 0 Å². The normalized spacial score (nSPS) is 24.0. The van der Waals surface area contributed by atoms with Gasteiger partial charge < -0.3 is 14.5 Å². The molecule has 5 nitrogen and oxygen atoms in total. The Morgan fingerprint density at radius 2 is 1.83 bits per heavy atom. The maximum Gasteiger partial charge on any atom is 0.410 e. The summed E-state index contributed by atoms with van der Waals surface area (Å²) < 4.78 is 5.51. The molecule has 1 aromatic rings. The van der Waals surface area contributed by atoms with Crippen LogP contribution in [0.5, 0.6) is 0 Å². The van der Waals surface area contributed by atoms with Crippen molar-refractivity contribution in [3.05, 3.63) is 40.5 Å². The summed E-state index contributed by atoms with van der Waals surface area (Å²) in [6.45, 7) is 14.0. The first kappa shape index (κ1) is 26.8. The Balaban J connectivity index is 1.40. The first-order valence-corrected chi connectivity index (χ1v) is 14.0. The third kappa shape index (κ3) is 5.81. The Hall–Kier alpha value is -2.30. The zero-order valence-corrected chi connectivity index (χ0v) is 23.5. The number of carbonyl (C=O) groups is 2. The van der Waals surface area contributed by atoms with Gasteiger partial charge in [-0.1, -0.05) is 32.0 Å². The number of ether oxygens (including phenoxy) is 1. The van der Waals surface area contributed by atoms with E-state index < -0.39 is 5.60 Å². The number of nitrogens with zero attached hydrogens (tertiary/aromatic N) is 2. The molecular weight excluding hydrogens is 448 g/mol. The van der Waals surface area contributed by atoms with Crippen LogP contribution in [0.2, 0.25) is 0 Å². The van der Waals surface area contributed by atoms with E-state index in [1.54, 1.807) is 4.90 Å². The highest BCUT2D eigenvalue weighted by Crippen LogP contribution is 2.44. The number of rotatable bonds is 5. The van der Waals surface area contributed by atoms with E-state index in [-0.39, 0.29) is 18.1 Å². The molecule has 1 saturated carbocycles. The summed E-state index contributed by atoms with van der Waals surface area (Å²) in [7, 11) is 1.82. The molecule has 5 heteroatoms. The molecule has 2 aliphatic carbocycles. The highest BCUT2D eigenvalue weighted by atomic mass is 16.6. The fraction of sp³-hybridized carbons (Fsp3) is 0.677. The molecule has 0 spiro atoms. The van der Waals surface area contributed by atoms with E-state index in [9.17, 15) is 9.59 Å². The minimum absolute atomic E-state index is 0.107. The van der Waals surface area contributed by atoms with Crippen molar-refractivity contribution >= 4 is 17.6 Å². The van der Waals surface area contributed by atoms with E-state index in [4.69, 9.17) is 4.74 Å². The number of hydrogen-bond donors (Lipinski definition) is 0. The summed E-state index contributed by atoms with van der Waals surface area (Å²) in [5.74, 6) is 1.44. The van der Waals surface area contributed by atoms with E-state index in [0.29, 0.717) is 24.3 Å². The molecule has 1 aliphatic heterocycles. The molecule has 1 atom stereocenters. The van der Waals surface area contributed by atoms with E-state index in [1.165, 1.54) is 27.8 Å². The fourth-order valence-electron chi connectivity index (χ4n) is 6.57. The third-order valence-electron chi connectivity index (χ3n) is 8.22. The van der Waals surface area contributed by atoms with E-state index in [1.807, 2.05) is 27.8 Å². The zero-order valence-electron chi connectivity index (χ0n) is 23.5. The molecule has 2 amide bonds. The van der Waals surface area contributed by atoms with Crippen molar-refractivity contribution in [2.24, 2.45) is 17.8 Å². The molecule has 1 unspecified atom stereocenters. The molecule has 1 aromatic carbocycles. The fourth-order valence-corrected chi connectivity index (χ4v) is 6.57. The van der Waals surface area contributed by atoms with Crippen LogP contribution < -0.4 is 0 Å². The number of benzene rings is 1. The average molecular weight is 495 g/mol. The first-order chi connectivity index (χ1) is 16.9. The van der Waals surface area contributed by atoms with E-state index in [2.05, 4.69) is 43.9 Å². The maximum atomic E-state index is 13.9. The van der Waals surface area contributed by atoms with Crippen LogP contribution in [0.3, 0.4) is 0 Å². The standard InChI is InChI=1S/C31H46N2O3/c1-20(2)17-27-26-18-24-10-8-9-21(3)28(24)25(26)15-16-33(27)29(34)23-13-11-22(12-14-23)19-32(7)30(35)36-31(4,5)6/h8-10,20,22-23,27H,11-19H2,1-7H3. The first-order valence-electron chi connectivity index (χ1n) is 14.0. The largest absolute Gasteiger partial charge is 0.444 e. The second-order valence-corrected chi connectivity index (χ2v) is 12.8. The molecule has 4 rings (SSSR count). The summed E-state index contributed by atoms with van der Waals surface area (Å²) in [5, 5.41) is 0. The summed E-state index contributed by atoms with van der Waals surface area (Å²) in [4.78, 5) is 30.2. The van der Waals surface area contributed by atoms with Gasteiger partial charge in [0.1, 0.15) is 5.60 Å². The number of carbonyl (C=O) groups excluding carboxylic acids is 2. The number of amides is 2. The summed E-state index contributed by atoms with van der Waals surface area (Å²) in [5.41, 5.74) is 6.81. The van der Waals surface area contributed by atoms with Crippen molar-refractivity contribution in [1.82, 2.24) is 9.80 Å². The average Bonchev–Trinajstić information content (AvgIpc) is 3.18. The molecule has 0 N–H and O–H groups in total. The Kier molecular flexibility index (Phi) is 7.87. The Labute approximate surface area is 218 Å². The highest BCUT2D eigenvalue weighted by Gasteiger charge is 2.40. The number of hydrogen-bond acceptors (Lipinski definition) is 3. The predicted octanol–water partition coefficient (Wildman–Crippen LogP) is 6.63. The molecule has 198 valence electrons. The Morgan fingerprint density at radius 1 is 1.14 bits per heavy atom. The van der Waals surface area contributed by atoms with Crippen molar-refractivity contribution in [3.63, 3.8) is 0 Å². The molecule has 3 aliphatic rings. The summed E-state index contributed by atoms with van der Waals surface area (Å²) in [6.07, 6.45) is 6.57. The maximum absolute atomic E-state index is 13.9. The van der Waals surface area contributed by atoms with Gasteiger partial charge in [0.2, 0.25) is 5.91 Å². The van der Waals surface area contributed by atoms with E-state index in [0.717, 1.165) is 51.5 Å². The molecule has 36 heavy (non-hydrogen) atoms. The van der Waals surface area contributed by atoms with Crippen molar-refractivity contribution in [2.75, 3.05) is 20.1 Å². The van der Waals surface area contributed by atoms with Crippen LogP contribution in [0, 0.1) is 24.7 Å². The second-order valence-electron chi connectivity index (χ2n) is 12.8. The van der Waals surface area contributed by atoms with Gasteiger partial charge in [-0.3, -0.25) is 4.79 Å². The monoisotopic (exact) mass is 494 g/mol. The van der Waals surface area contributed by atoms with Gasteiger partial charge in [-0.25, -0.2) is 4.79 Å². The van der Waals surface area contributed by atoms with Gasteiger partial charge in [-0.15, -0.1) is 0 Å². The lowest BCUT2D eigenvalue weighted by molar-refractivity contribution is -0.139. The van der Waals surface area contributed by atoms with Crippen LogP contribution in [0.4, 0.5) is 4.79 Å². The molecular formula is C31H46N2O3. The molecule has 0 bridgehead atoms. The summed E-state index contributed by atoms with van der Waals surface area (Å²) in [6, 6.07) is 6.90. The molecule has 0 aromatic heterocycles. The lowest BCUT2D eigenvalue weighted by Crippen LogP contribution is -2.48. The molecule has 1 fully saturated rings. The van der Waals surface area contributed by atoms with Gasteiger partial charge >= 0.3 is 6.09 Å². The van der Waals surface area contributed by atoms with Crippen LogP contribution in [0.15, 0.2) is 23.8 Å². The van der Waals surface area contributed by atoms with Gasteiger partial charge in [0.05, 0.1) is 6.04 Å². The number of fused-ring (bicyclic) bond motifs is 2. The Bertz CT molecular complexity index is 1010. The lowest BCUT2D eigenvalue weighted by Gasteiger charge is -2.41. The quantitative estimate of drug-likeness (QED) is 0.462. The van der Waals surface area contributed by atoms with Gasteiger partial charge in [0.15, 0.2) is 0 Å². The highest BCUT2D eigenvalue weighted by molar-refractivity contribution is 5.85. The molecule has 1 heterocycles. The molecule has 0 radical (unpaired) electrons. The predicted molar refractivity (Wildman–Crippen MR) is 146 cm³/mol. The topological polar surface area (TPSA) is 49.9 Å². The third-order valence-corrected chi connectivity index (χ3v) is 8.22. The summed E-state index contributed by atoms with van der Waals surface area (Å²) >= 11 is 0. The van der Waals surface area contributed by atoms with Crippen LogP contribution in [0.1, 0.15) is 89.8 Å². The van der Waals surface area contributed by atoms with Crippen LogP contribution in [0.25, 0.3) is 5.57 Å². The number of aryl methyl sites for hydroxylation is 1. The van der Waals surface area contributed by atoms with Crippen molar-refractivity contribution in [2.45, 2.75) is 98.1 Å². The SMILES string of the molecule is Cc1cccc2c1C1=C(C2)C(CC(C)C)N(C(=O)C2CCC(CN(C)C(=O)OC(C)(C)C)CC2)CC1. The zero-order chi connectivity index (χ0) is 26.2.